The molecule has 0 aliphatic carbocycles. The highest BCUT2D eigenvalue weighted by Crippen LogP contribution is 2.53. The Hall–Kier alpha value is -3.10. The van der Waals surface area contributed by atoms with E-state index in [0.717, 1.165) is 4.90 Å². The summed E-state index contributed by atoms with van der Waals surface area (Å²) in [5, 5.41) is 24.7. The van der Waals surface area contributed by atoms with Crippen molar-refractivity contribution < 1.29 is 29.3 Å². The van der Waals surface area contributed by atoms with Crippen LogP contribution in [0, 0.1) is 17.8 Å². The molecule has 0 saturated carbocycles. The number of carboxylic acids is 1. The zero-order chi connectivity index (χ0) is 24.1. The minimum Gasteiger partial charge on any atom is -0.504 e. The first kappa shape index (κ1) is 23.1. The molecule has 2 aromatic rings. The molecule has 0 aromatic heterocycles. The number of nitrogens with zero attached hydrogens (tertiary/aromatic N) is 1. The molecule has 33 heavy (non-hydrogen) atoms. The Morgan fingerprint density at radius 2 is 1.85 bits per heavy atom. The monoisotopic (exact) mass is 472 g/mol. The second-order valence-corrected chi connectivity index (χ2v) is 9.32. The number of fused-ring (bicyclic) bond motifs is 1. The van der Waals surface area contributed by atoms with Crippen molar-refractivity contribution in [2.75, 3.05) is 12.0 Å². The van der Waals surface area contributed by atoms with Gasteiger partial charge in [-0.3, -0.25) is 19.7 Å². The van der Waals surface area contributed by atoms with Gasteiger partial charge in [-0.25, -0.2) is 4.90 Å². The first-order valence-electron chi connectivity index (χ1n) is 10.6. The van der Waals surface area contributed by atoms with E-state index in [1.807, 2.05) is 13.8 Å². The van der Waals surface area contributed by atoms with E-state index in [2.05, 4.69) is 5.32 Å². The van der Waals surface area contributed by atoms with Crippen LogP contribution < -0.4 is 15.0 Å². The van der Waals surface area contributed by atoms with Gasteiger partial charge < -0.3 is 14.9 Å². The molecule has 4 atom stereocenters. The molecule has 2 amide bonds. The van der Waals surface area contributed by atoms with Gasteiger partial charge >= 0.3 is 5.97 Å². The Bertz CT molecular complexity index is 1120. The summed E-state index contributed by atoms with van der Waals surface area (Å²) in [6, 6.07) is 10.1. The molecule has 2 aliphatic heterocycles. The molecule has 2 aromatic carbocycles. The molecular formula is C24H25ClN2O6. The Labute approximate surface area is 196 Å². The number of halogens is 1. The fraction of sp³-hybridized carbons (Fsp3) is 0.375. The van der Waals surface area contributed by atoms with Crippen LogP contribution in [0.4, 0.5) is 5.69 Å². The molecule has 174 valence electrons. The number of rotatable bonds is 6. The quantitative estimate of drug-likeness (QED) is 0.552. The molecule has 2 saturated heterocycles. The number of anilines is 1. The van der Waals surface area contributed by atoms with Crippen LogP contribution in [0.1, 0.15) is 31.9 Å². The highest BCUT2D eigenvalue weighted by Gasteiger charge is 2.68. The smallest absolute Gasteiger partial charge is 0.324 e. The lowest BCUT2D eigenvalue weighted by Crippen LogP contribution is -2.56. The standard InChI is InChI=1S/C24H25ClN2O6/c1-12(2)11-24(23(31)32)18-17(19(26-24)15-5-4-6-16(33-3)20(15)28)21(29)27(22(18)30)14-9-7-13(25)8-10-14/h4-10,12,17-19,26,28H,11H2,1-3H3,(H,31,32). The molecular weight excluding hydrogens is 448 g/mol. The number of hydrogen-bond acceptors (Lipinski definition) is 6. The molecule has 2 heterocycles. The van der Waals surface area contributed by atoms with Gasteiger partial charge in [0.25, 0.3) is 0 Å². The highest BCUT2D eigenvalue weighted by molar-refractivity contribution is 6.31. The van der Waals surface area contributed by atoms with Crippen LogP contribution >= 0.6 is 11.6 Å². The first-order valence-corrected chi connectivity index (χ1v) is 11.0. The van der Waals surface area contributed by atoms with Gasteiger partial charge in [-0.15, -0.1) is 0 Å². The van der Waals surface area contributed by atoms with E-state index in [1.54, 1.807) is 42.5 Å². The third-order valence-electron chi connectivity index (χ3n) is 6.44. The summed E-state index contributed by atoms with van der Waals surface area (Å²) < 4.78 is 5.20. The Kier molecular flexibility index (Phi) is 5.84. The SMILES string of the molecule is COc1cccc(C2NC(CC(C)C)(C(=O)O)C3C(=O)N(c4ccc(Cl)cc4)C(=O)C23)c1O. The number of methoxy groups -OCH3 is 1. The van der Waals surface area contributed by atoms with Crippen molar-refractivity contribution in [1.29, 1.82) is 0 Å². The fourth-order valence-electron chi connectivity index (χ4n) is 5.19. The number of hydrogen-bond donors (Lipinski definition) is 3. The molecule has 0 spiro atoms. The molecule has 3 N–H and O–H groups in total. The van der Waals surface area contributed by atoms with E-state index in [1.165, 1.54) is 7.11 Å². The number of amides is 2. The number of aliphatic carboxylic acids is 1. The highest BCUT2D eigenvalue weighted by atomic mass is 35.5. The number of ether oxygens (including phenoxy) is 1. The molecule has 8 nitrogen and oxygen atoms in total. The summed E-state index contributed by atoms with van der Waals surface area (Å²) in [6.07, 6.45) is 0.123. The first-order chi connectivity index (χ1) is 15.6. The van der Waals surface area contributed by atoms with Crippen LogP contribution in [0.25, 0.3) is 0 Å². The number of nitrogens with one attached hydrogen (secondary N) is 1. The largest absolute Gasteiger partial charge is 0.504 e. The average molecular weight is 473 g/mol. The normalized spacial score (nSPS) is 26.7. The Morgan fingerprint density at radius 1 is 1.18 bits per heavy atom. The van der Waals surface area contributed by atoms with E-state index in [9.17, 15) is 24.6 Å². The van der Waals surface area contributed by atoms with Gasteiger partial charge in [0.1, 0.15) is 5.54 Å². The second kappa shape index (κ2) is 8.35. The van der Waals surface area contributed by atoms with Gasteiger partial charge in [-0.2, -0.15) is 0 Å². The van der Waals surface area contributed by atoms with Gasteiger partial charge in [0.15, 0.2) is 11.5 Å². The maximum absolute atomic E-state index is 13.7. The summed E-state index contributed by atoms with van der Waals surface area (Å²) in [5.74, 6) is -4.61. The van der Waals surface area contributed by atoms with Crippen LogP contribution in [-0.2, 0) is 14.4 Å². The lowest BCUT2D eigenvalue weighted by atomic mass is 9.75. The number of benzene rings is 2. The second-order valence-electron chi connectivity index (χ2n) is 8.89. The van der Waals surface area contributed by atoms with Crippen molar-refractivity contribution in [2.24, 2.45) is 17.8 Å². The minimum absolute atomic E-state index is 0.0839. The van der Waals surface area contributed by atoms with Gasteiger partial charge in [0, 0.05) is 16.6 Å². The van der Waals surface area contributed by atoms with Crippen molar-refractivity contribution in [3.63, 3.8) is 0 Å². The Morgan fingerprint density at radius 3 is 2.42 bits per heavy atom. The van der Waals surface area contributed by atoms with Crippen LogP contribution in [-0.4, -0.2) is 40.6 Å². The van der Waals surface area contributed by atoms with Gasteiger partial charge in [0.2, 0.25) is 11.8 Å². The van der Waals surface area contributed by atoms with Crippen molar-refractivity contribution >= 4 is 35.1 Å². The zero-order valence-corrected chi connectivity index (χ0v) is 19.2. The van der Waals surface area contributed by atoms with E-state index in [-0.39, 0.29) is 23.8 Å². The lowest BCUT2D eigenvalue weighted by Gasteiger charge is -2.32. The van der Waals surface area contributed by atoms with E-state index >= 15 is 0 Å². The van der Waals surface area contributed by atoms with Crippen LogP contribution in [0.2, 0.25) is 5.02 Å². The fourth-order valence-corrected chi connectivity index (χ4v) is 5.31. The third-order valence-corrected chi connectivity index (χ3v) is 6.69. The minimum atomic E-state index is -1.69. The van der Waals surface area contributed by atoms with Gasteiger partial charge in [0.05, 0.1) is 24.6 Å². The number of para-hydroxylation sites is 1. The maximum Gasteiger partial charge on any atom is 0.324 e. The summed E-state index contributed by atoms with van der Waals surface area (Å²) in [7, 11) is 1.40. The summed E-state index contributed by atoms with van der Waals surface area (Å²) in [6.45, 7) is 3.71. The van der Waals surface area contributed by atoms with Crippen molar-refractivity contribution in [1.82, 2.24) is 5.32 Å². The van der Waals surface area contributed by atoms with Crippen molar-refractivity contribution in [3.05, 3.63) is 53.1 Å². The lowest BCUT2D eigenvalue weighted by molar-refractivity contribution is -0.149. The molecule has 9 heteroatoms. The van der Waals surface area contributed by atoms with Crippen molar-refractivity contribution in [3.8, 4) is 11.5 Å². The molecule has 4 rings (SSSR count). The number of phenolic OH excluding ortho intramolecular Hbond substituents is 1. The van der Waals surface area contributed by atoms with Gasteiger partial charge in [-0.05, 0) is 42.7 Å². The third kappa shape index (κ3) is 3.54. The van der Waals surface area contributed by atoms with Gasteiger partial charge in [-0.1, -0.05) is 37.6 Å². The number of carbonyl (C=O) groups excluding carboxylic acids is 2. The maximum atomic E-state index is 13.7. The molecule has 0 bridgehead atoms. The predicted octanol–water partition coefficient (Wildman–Crippen LogP) is 3.37. The number of phenols is 1. The van der Waals surface area contributed by atoms with Crippen LogP contribution in [0.3, 0.4) is 0 Å². The summed E-state index contributed by atoms with van der Waals surface area (Å²) in [5.41, 5.74) is -1.07. The Balaban J connectivity index is 1.89. The average Bonchev–Trinajstić information content (AvgIpc) is 3.23. The number of imide groups is 1. The van der Waals surface area contributed by atoms with E-state index < -0.39 is 41.2 Å². The van der Waals surface area contributed by atoms with Crippen molar-refractivity contribution in [2.45, 2.75) is 31.8 Å². The number of carbonyl (C=O) groups is 3. The van der Waals surface area contributed by atoms with E-state index in [4.69, 9.17) is 16.3 Å². The zero-order valence-electron chi connectivity index (χ0n) is 18.4. The van der Waals surface area contributed by atoms with E-state index in [0.29, 0.717) is 16.3 Å². The number of aromatic hydroxyl groups is 1. The molecule has 0 radical (unpaired) electrons. The van der Waals surface area contributed by atoms with Crippen LogP contribution in [0.5, 0.6) is 11.5 Å². The molecule has 2 fully saturated rings. The van der Waals surface area contributed by atoms with Crippen LogP contribution in [0.15, 0.2) is 42.5 Å². The topological polar surface area (TPSA) is 116 Å². The summed E-state index contributed by atoms with van der Waals surface area (Å²) >= 11 is 5.96. The number of carboxylic acid groups (broad SMARTS) is 1. The predicted molar refractivity (Wildman–Crippen MR) is 121 cm³/mol. The molecule has 4 unspecified atom stereocenters. The summed E-state index contributed by atoms with van der Waals surface area (Å²) in [4.78, 5) is 41.0. The molecule has 2 aliphatic rings.